The lowest BCUT2D eigenvalue weighted by molar-refractivity contribution is -0.122. The van der Waals surface area contributed by atoms with Crippen LogP contribution in [0.15, 0.2) is 24.3 Å². The van der Waals surface area contributed by atoms with Crippen LogP contribution < -0.4 is 11.1 Å². The largest absolute Gasteiger partial charge is 0.399 e. The molecule has 1 aromatic carbocycles. The van der Waals surface area contributed by atoms with Crippen LogP contribution in [0.4, 0.5) is 5.69 Å². The van der Waals surface area contributed by atoms with E-state index in [0.29, 0.717) is 18.2 Å². The lowest BCUT2D eigenvalue weighted by Crippen LogP contribution is -2.32. The maximum Gasteiger partial charge on any atom is 0.227 e. The lowest BCUT2D eigenvalue weighted by Gasteiger charge is -2.15. The molecule has 1 saturated heterocycles. The molecule has 1 aliphatic rings. The van der Waals surface area contributed by atoms with Gasteiger partial charge in [0.15, 0.2) is 0 Å². The Morgan fingerprint density at radius 2 is 2.44 bits per heavy atom. The van der Waals surface area contributed by atoms with Gasteiger partial charge < -0.3 is 15.8 Å². The molecule has 98 valence electrons. The fraction of sp³-hybridized carbons (Fsp3) is 0.500. The molecule has 0 spiro atoms. The summed E-state index contributed by atoms with van der Waals surface area (Å²) in [7, 11) is 0. The Morgan fingerprint density at radius 3 is 3.11 bits per heavy atom. The molecule has 0 radical (unpaired) electrons. The number of carbonyl (C=O) groups is 1. The number of ether oxygens (including phenoxy) is 1. The van der Waals surface area contributed by atoms with Gasteiger partial charge in [-0.3, -0.25) is 4.79 Å². The van der Waals surface area contributed by atoms with E-state index in [1.807, 2.05) is 31.2 Å². The molecule has 0 saturated carbocycles. The SMILES string of the molecule is CC(C(=O)NCC1CCOC1)c1cccc(N)c1. The van der Waals surface area contributed by atoms with Crippen molar-refractivity contribution in [3.05, 3.63) is 29.8 Å². The van der Waals surface area contributed by atoms with Crippen molar-refractivity contribution in [2.75, 3.05) is 25.5 Å². The molecule has 1 fully saturated rings. The van der Waals surface area contributed by atoms with Crippen LogP contribution in [0.2, 0.25) is 0 Å². The minimum absolute atomic E-state index is 0.0486. The fourth-order valence-corrected chi connectivity index (χ4v) is 2.12. The molecule has 0 aromatic heterocycles. The molecule has 0 bridgehead atoms. The first-order valence-electron chi connectivity index (χ1n) is 6.37. The topological polar surface area (TPSA) is 64.3 Å². The Balaban J connectivity index is 1.87. The molecule has 0 aliphatic carbocycles. The number of benzene rings is 1. The van der Waals surface area contributed by atoms with E-state index in [-0.39, 0.29) is 11.8 Å². The minimum atomic E-state index is -0.171. The lowest BCUT2D eigenvalue weighted by atomic mass is 9.99. The molecular formula is C14H20N2O2. The highest BCUT2D eigenvalue weighted by atomic mass is 16.5. The summed E-state index contributed by atoms with van der Waals surface area (Å²) in [5.74, 6) is 0.338. The summed E-state index contributed by atoms with van der Waals surface area (Å²) in [4.78, 5) is 12.0. The average molecular weight is 248 g/mol. The zero-order chi connectivity index (χ0) is 13.0. The smallest absolute Gasteiger partial charge is 0.227 e. The molecular weight excluding hydrogens is 228 g/mol. The van der Waals surface area contributed by atoms with Crippen molar-refractivity contribution in [2.45, 2.75) is 19.3 Å². The monoisotopic (exact) mass is 248 g/mol. The van der Waals surface area contributed by atoms with Gasteiger partial charge in [-0.2, -0.15) is 0 Å². The zero-order valence-electron chi connectivity index (χ0n) is 10.7. The van der Waals surface area contributed by atoms with E-state index in [4.69, 9.17) is 10.5 Å². The van der Waals surface area contributed by atoms with Crippen molar-refractivity contribution in [3.63, 3.8) is 0 Å². The quantitative estimate of drug-likeness (QED) is 0.794. The second-order valence-electron chi connectivity index (χ2n) is 4.87. The van der Waals surface area contributed by atoms with E-state index in [9.17, 15) is 4.79 Å². The van der Waals surface area contributed by atoms with Crippen LogP contribution in [0.5, 0.6) is 0 Å². The maximum atomic E-state index is 12.0. The molecule has 1 amide bonds. The highest BCUT2D eigenvalue weighted by Gasteiger charge is 2.19. The number of anilines is 1. The first-order chi connectivity index (χ1) is 8.66. The number of nitrogen functional groups attached to an aromatic ring is 1. The molecule has 1 heterocycles. The van der Waals surface area contributed by atoms with E-state index in [0.717, 1.165) is 25.2 Å². The van der Waals surface area contributed by atoms with Gasteiger partial charge in [0.05, 0.1) is 12.5 Å². The number of amides is 1. The third-order valence-electron chi connectivity index (χ3n) is 3.39. The molecule has 18 heavy (non-hydrogen) atoms. The van der Waals surface area contributed by atoms with Crippen LogP contribution in [0.25, 0.3) is 0 Å². The van der Waals surface area contributed by atoms with Gasteiger partial charge in [0, 0.05) is 24.8 Å². The van der Waals surface area contributed by atoms with Gasteiger partial charge in [0.1, 0.15) is 0 Å². The highest BCUT2D eigenvalue weighted by molar-refractivity contribution is 5.83. The fourth-order valence-electron chi connectivity index (χ4n) is 2.12. The number of rotatable bonds is 4. The van der Waals surface area contributed by atoms with Gasteiger partial charge in [0.2, 0.25) is 5.91 Å². The summed E-state index contributed by atoms with van der Waals surface area (Å²) in [6.07, 6.45) is 1.03. The molecule has 4 nitrogen and oxygen atoms in total. The predicted octanol–water partition coefficient (Wildman–Crippen LogP) is 1.52. The molecule has 2 rings (SSSR count). The second-order valence-corrected chi connectivity index (χ2v) is 4.87. The molecule has 2 unspecified atom stereocenters. The van der Waals surface area contributed by atoms with Gasteiger partial charge in [-0.05, 0) is 31.0 Å². The number of carbonyl (C=O) groups excluding carboxylic acids is 1. The molecule has 1 aromatic rings. The van der Waals surface area contributed by atoms with Gasteiger partial charge in [0.25, 0.3) is 0 Å². The van der Waals surface area contributed by atoms with Gasteiger partial charge in [-0.25, -0.2) is 0 Å². The van der Waals surface area contributed by atoms with E-state index < -0.39 is 0 Å². The predicted molar refractivity (Wildman–Crippen MR) is 71.2 cm³/mol. The number of nitrogens with two attached hydrogens (primary N) is 1. The summed E-state index contributed by atoms with van der Waals surface area (Å²) in [6, 6.07) is 7.48. The summed E-state index contributed by atoms with van der Waals surface area (Å²) in [5, 5.41) is 2.98. The zero-order valence-corrected chi connectivity index (χ0v) is 10.7. The van der Waals surface area contributed by atoms with E-state index in [1.165, 1.54) is 0 Å². The Morgan fingerprint density at radius 1 is 1.61 bits per heavy atom. The van der Waals surface area contributed by atoms with E-state index >= 15 is 0 Å². The Bertz CT molecular complexity index is 414. The molecule has 2 atom stereocenters. The number of nitrogens with one attached hydrogen (secondary N) is 1. The summed E-state index contributed by atoms with van der Waals surface area (Å²) >= 11 is 0. The highest BCUT2D eigenvalue weighted by Crippen LogP contribution is 2.18. The molecule has 4 heteroatoms. The first-order valence-corrected chi connectivity index (χ1v) is 6.37. The standard InChI is InChI=1S/C14H20N2O2/c1-10(12-3-2-4-13(15)7-12)14(17)16-8-11-5-6-18-9-11/h2-4,7,10-11H,5-6,8-9,15H2,1H3,(H,16,17). The van der Waals surface area contributed by atoms with Crippen molar-refractivity contribution in [1.82, 2.24) is 5.32 Å². The van der Waals surface area contributed by atoms with Crippen LogP contribution in [-0.4, -0.2) is 25.7 Å². The second kappa shape index (κ2) is 5.87. The normalized spacial score (nSPS) is 20.6. The summed E-state index contributed by atoms with van der Waals surface area (Å²) < 4.78 is 5.28. The minimum Gasteiger partial charge on any atom is -0.399 e. The van der Waals surface area contributed by atoms with Gasteiger partial charge in [-0.15, -0.1) is 0 Å². The third-order valence-corrected chi connectivity index (χ3v) is 3.39. The van der Waals surface area contributed by atoms with E-state index in [1.54, 1.807) is 0 Å². The van der Waals surface area contributed by atoms with Crippen molar-refractivity contribution in [3.8, 4) is 0 Å². The van der Waals surface area contributed by atoms with Crippen LogP contribution in [-0.2, 0) is 9.53 Å². The van der Waals surface area contributed by atoms with Crippen molar-refractivity contribution in [2.24, 2.45) is 5.92 Å². The Hall–Kier alpha value is -1.55. The Kier molecular flexibility index (Phi) is 4.20. The van der Waals surface area contributed by atoms with Gasteiger partial charge >= 0.3 is 0 Å². The van der Waals surface area contributed by atoms with Crippen LogP contribution >= 0.6 is 0 Å². The van der Waals surface area contributed by atoms with Crippen LogP contribution in [0.3, 0.4) is 0 Å². The molecule has 3 N–H and O–H groups in total. The molecule has 1 aliphatic heterocycles. The Labute approximate surface area is 108 Å². The van der Waals surface area contributed by atoms with Gasteiger partial charge in [-0.1, -0.05) is 12.1 Å². The van der Waals surface area contributed by atoms with Crippen molar-refractivity contribution in [1.29, 1.82) is 0 Å². The van der Waals surface area contributed by atoms with Crippen LogP contribution in [0, 0.1) is 5.92 Å². The third kappa shape index (κ3) is 3.23. The van der Waals surface area contributed by atoms with Crippen molar-refractivity contribution < 1.29 is 9.53 Å². The number of hydrogen-bond acceptors (Lipinski definition) is 3. The maximum absolute atomic E-state index is 12.0. The summed E-state index contributed by atoms with van der Waals surface area (Å²) in [5.41, 5.74) is 7.37. The average Bonchev–Trinajstić information content (AvgIpc) is 2.88. The van der Waals surface area contributed by atoms with Crippen molar-refractivity contribution >= 4 is 11.6 Å². The first kappa shape index (κ1) is 12.9. The van der Waals surface area contributed by atoms with E-state index in [2.05, 4.69) is 5.32 Å². The van der Waals surface area contributed by atoms with Crippen LogP contribution in [0.1, 0.15) is 24.8 Å². The summed E-state index contributed by atoms with van der Waals surface area (Å²) in [6.45, 7) is 4.17. The number of hydrogen-bond donors (Lipinski definition) is 2.